The van der Waals surface area contributed by atoms with Crippen LogP contribution in [-0.4, -0.2) is 74.8 Å². The normalized spacial score (nSPS) is 39.9. The maximum Gasteiger partial charge on any atom is 0.309 e. The Morgan fingerprint density at radius 1 is 1.02 bits per heavy atom. The third kappa shape index (κ3) is 5.69. The van der Waals surface area contributed by atoms with E-state index >= 15 is 0 Å². The maximum absolute atomic E-state index is 15.0. The average molecular weight is 649 g/mol. The van der Waals surface area contributed by atoms with E-state index in [1.54, 1.807) is 19.9 Å². The van der Waals surface area contributed by atoms with E-state index < -0.39 is 69.7 Å². The number of Topliss-reactive ketones (excluding diaryl/α,β-unsaturated/α-hetero) is 1. The lowest BCUT2D eigenvalue weighted by Crippen LogP contribution is -2.68. The number of aliphatic hydroxyl groups is 3. The molecule has 4 rings (SSSR count). The minimum absolute atomic E-state index is 0.0150. The Morgan fingerprint density at radius 3 is 2.20 bits per heavy atom. The largest absolute Gasteiger partial charge is 0.462 e. The Balaban J connectivity index is 1.65. The predicted octanol–water partition coefficient (Wildman–Crippen LogP) is 5.46. The van der Waals surface area contributed by atoms with Gasteiger partial charge < -0.3 is 29.5 Å². The molecule has 3 fully saturated rings. The van der Waals surface area contributed by atoms with Crippen LogP contribution in [0.3, 0.4) is 0 Å². The van der Waals surface area contributed by atoms with Crippen LogP contribution in [-0.2, 0) is 28.6 Å². The van der Waals surface area contributed by atoms with Crippen molar-refractivity contribution in [1.82, 2.24) is 0 Å². The molecular formula is C37H60O9. The van der Waals surface area contributed by atoms with Crippen molar-refractivity contribution in [1.29, 1.82) is 0 Å². The number of esters is 2. The first-order chi connectivity index (χ1) is 21.4. The number of unbranched alkanes of at least 4 members (excludes halogenated alkanes) is 7. The minimum atomic E-state index is -2.35. The molecule has 1 saturated heterocycles. The zero-order valence-corrected chi connectivity index (χ0v) is 29.7. The van der Waals surface area contributed by atoms with Crippen LogP contribution in [0.25, 0.3) is 0 Å². The van der Waals surface area contributed by atoms with Gasteiger partial charge in [-0.1, -0.05) is 99.5 Å². The first-order valence-corrected chi connectivity index (χ1v) is 17.8. The quantitative estimate of drug-likeness (QED) is 0.0969. The second-order valence-corrected chi connectivity index (χ2v) is 16.1. The van der Waals surface area contributed by atoms with Crippen LogP contribution in [0.1, 0.15) is 127 Å². The molecule has 3 N–H and O–H groups in total. The van der Waals surface area contributed by atoms with E-state index in [9.17, 15) is 29.7 Å². The Bertz CT molecular complexity index is 1190. The van der Waals surface area contributed by atoms with Gasteiger partial charge in [-0.2, -0.15) is 0 Å². The van der Waals surface area contributed by atoms with E-state index in [1.807, 2.05) is 41.5 Å². The smallest absolute Gasteiger partial charge is 0.309 e. The number of fused-ring (bicyclic) bond motifs is 3. The van der Waals surface area contributed by atoms with Crippen LogP contribution in [0.5, 0.6) is 0 Å². The van der Waals surface area contributed by atoms with Crippen molar-refractivity contribution >= 4 is 17.7 Å². The molecule has 46 heavy (non-hydrogen) atoms. The lowest BCUT2D eigenvalue weighted by molar-refractivity contribution is -0.215. The molecule has 0 aromatic heterocycles. The summed E-state index contributed by atoms with van der Waals surface area (Å²) in [5.74, 6) is -3.15. The number of rotatable bonds is 14. The number of hydrogen-bond acceptors (Lipinski definition) is 9. The van der Waals surface area contributed by atoms with Crippen LogP contribution < -0.4 is 0 Å². The fraction of sp³-hybridized carbons (Fsp3) is 0.865. The van der Waals surface area contributed by atoms with Crippen LogP contribution in [0.4, 0.5) is 0 Å². The minimum Gasteiger partial charge on any atom is -0.462 e. The highest BCUT2D eigenvalue weighted by Crippen LogP contribution is 2.69. The zero-order chi connectivity index (χ0) is 34.5. The SMILES string of the molecule is CCCCCCCCCCC(=O)O[C@]1(C)C[C@@H](C)C23C=C(C)C(O)[C@@]2(O)[C@H](O)C2(COC(=O)C(C)C(C)C)OC2C(C3=O)C1(C)C. The van der Waals surface area contributed by atoms with Gasteiger partial charge in [0.1, 0.15) is 36.1 Å². The van der Waals surface area contributed by atoms with Crippen molar-refractivity contribution in [3.05, 3.63) is 11.6 Å². The number of carbonyl (C=O) groups excluding carboxylic acids is 3. The number of ether oxygens (including phenoxy) is 3. The average Bonchev–Trinajstić information content (AvgIpc) is 3.67. The Kier molecular flexibility index (Phi) is 10.7. The molecule has 9 heteroatoms. The molecule has 4 aliphatic rings. The zero-order valence-electron chi connectivity index (χ0n) is 29.7. The van der Waals surface area contributed by atoms with Crippen LogP contribution in [0.2, 0.25) is 0 Å². The summed E-state index contributed by atoms with van der Waals surface area (Å²) in [4.78, 5) is 41.3. The van der Waals surface area contributed by atoms with E-state index in [0.29, 0.717) is 5.57 Å². The summed E-state index contributed by atoms with van der Waals surface area (Å²) in [6.07, 6.45) is 6.70. The molecule has 1 spiro atoms. The molecule has 0 aromatic carbocycles. The van der Waals surface area contributed by atoms with E-state index in [-0.39, 0.29) is 37.1 Å². The van der Waals surface area contributed by atoms with E-state index in [2.05, 4.69) is 6.92 Å². The standard InChI is InChI=1S/C37H60O9/c1-10-11-12-13-14-15-16-17-18-26(38)45-34(9)20-24(5)35-19-23(4)28(39)37(35,43)32(42)36(21-44-31(41)25(6)22(2)3)30(46-36)27(29(35)40)33(34,7)8/h19,22,24-25,27-28,30,32,39,42-43H,10-18,20-21H2,1-9H3/t24-,25?,27?,28?,30?,32-,34-,35?,36?,37-/m1/s1. The van der Waals surface area contributed by atoms with Crippen LogP contribution in [0, 0.1) is 34.5 Å². The molecule has 1 aliphatic heterocycles. The molecule has 9 nitrogen and oxygen atoms in total. The monoisotopic (exact) mass is 648 g/mol. The second-order valence-electron chi connectivity index (χ2n) is 16.1. The molecule has 262 valence electrons. The van der Waals surface area contributed by atoms with Crippen molar-refractivity contribution in [3.63, 3.8) is 0 Å². The molecule has 6 unspecified atom stereocenters. The Hall–Kier alpha value is -1.81. The van der Waals surface area contributed by atoms with Crippen molar-refractivity contribution < 1.29 is 43.9 Å². The second kappa shape index (κ2) is 13.2. The van der Waals surface area contributed by atoms with Crippen LogP contribution >= 0.6 is 0 Å². The number of aliphatic hydroxyl groups excluding tert-OH is 2. The Morgan fingerprint density at radius 2 is 1.61 bits per heavy atom. The summed E-state index contributed by atoms with van der Waals surface area (Å²) in [7, 11) is 0. The molecule has 10 atom stereocenters. The maximum atomic E-state index is 15.0. The summed E-state index contributed by atoms with van der Waals surface area (Å²) in [5, 5.41) is 36.1. The highest BCUT2D eigenvalue weighted by atomic mass is 16.7. The predicted molar refractivity (Wildman–Crippen MR) is 174 cm³/mol. The molecule has 0 radical (unpaired) electrons. The third-order valence-corrected chi connectivity index (χ3v) is 12.6. The summed E-state index contributed by atoms with van der Waals surface area (Å²) in [6.45, 7) is 16.4. The summed E-state index contributed by atoms with van der Waals surface area (Å²) in [6, 6.07) is 0. The highest BCUT2D eigenvalue weighted by molar-refractivity contribution is 5.95. The van der Waals surface area contributed by atoms with E-state index in [4.69, 9.17) is 14.2 Å². The van der Waals surface area contributed by atoms with Gasteiger partial charge in [0.25, 0.3) is 0 Å². The van der Waals surface area contributed by atoms with Crippen molar-refractivity contribution in [2.75, 3.05) is 6.61 Å². The Labute approximate surface area is 275 Å². The molecule has 3 aliphatic carbocycles. The van der Waals surface area contributed by atoms with Gasteiger partial charge in [-0.15, -0.1) is 0 Å². The first-order valence-electron chi connectivity index (χ1n) is 17.8. The van der Waals surface area contributed by atoms with E-state index in [0.717, 1.165) is 25.7 Å². The van der Waals surface area contributed by atoms with Crippen molar-refractivity contribution in [3.8, 4) is 0 Å². The number of epoxide rings is 1. The van der Waals surface area contributed by atoms with Gasteiger partial charge in [0, 0.05) is 11.8 Å². The number of ketones is 1. The van der Waals surface area contributed by atoms with Crippen molar-refractivity contribution in [2.24, 2.45) is 34.5 Å². The first kappa shape index (κ1) is 37.0. The summed E-state index contributed by atoms with van der Waals surface area (Å²) >= 11 is 0. The van der Waals surface area contributed by atoms with E-state index in [1.165, 1.54) is 25.7 Å². The fourth-order valence-corrected chi connectivity index (χ4v) is 8.80. The van der Waals surface area contributed by atoms with Gasteiger partial charge >= 0.3 is 11.9 Å². The van der Waals surface area contributed by atoms with Gasteiger partial charge in [-0.25, -0.2) is 0 Å². The highest BCUT2D eigenvalue weighted by Gasteiger charge is 2.85. The molecule has 2 saturated carbocycles. The molecule has 0 amide bonds. The molecule has 2 bridgehead atoms. The van der Waals surface area contributed by atoms with Gasteiger partial charge in [0.2, 0.25) is 0 Å². The van der Waals surface area contributed by atoms with Crippen LogP contribution in [0.15, 0.2) is 11.6 Å². The van der Waals surface area contributed by atoms with Gasteiger partial charge in [0.15, 0.2) is 11.4 Å². The van der Waals surface area contributed by atoms with Crippen molar-refractivity contribution in [2.45, 2.75) is 162 Å². The molecule has 1 heterocycles. The lowest BCUT2D eigenvalue weighted by atomic mass is 9.59. The lowest BCUT2D eigenvalue weighted by Gasteiger charge is -2.49. The van der Waals surface area contributed by atoms with Gasteiger partial charge in [-0.3, -0.25) is 14.4 Å². The third-order valence-electron chi connectivity index (χ3n) is 12.6. The fourth-order valence-electron chi connectivity index (χ4n) is 8.80. The number of hydrogen-bond donors (Lipinski definition) is 3. The van der Waals surface area contributed by atoms with Gasteiger partial charge in [0.05, 0.1) is 17.3 Å². The summed E-state index contributed by atoms with van der Waals surface area (Å²) < 4.78 is 18.3. The van der Waals surface area contributed by atoms with Gasteiger partial charge in [-0.05, 0) is 44.1 Å². The number of carbonyl (C=O) groups is 3. The summed E-state index contributed by atoms with van der Waals surface area (Å²) in [5.41, 5.74) is -7.45. The molecule has 0 aromatic rings. The molecular weight excluding hydrogens is 588 g/mol. The topological polar surface area (TPSA) is 143 Å².